The quantitative estimate of drug-likeness (QED) is 0.431. The first-order valence-corrected chi connectivity index (χ1v) is 14.6. The van der Waals surface area contributed by atoms with Gasteiger partial charge in [0.1, 0.15) is 9.79 Å². The Kier molecular flexibility index (Phi) is 9.10. The summed E-state index contributed by atoms with van der Waals surface area (Å²) in [6.07, 6.45) is 0.407. The summed E-state index contributed by atoms with van der Waals surface area (Å²) in [6.45, 7) is 3.02. The number of anilines is 1. The largest absolute Gasteiger partial charge is 0.501 e. The van der Waals surface area contributed by atoms with Gasteiger partial charge in [0.05, 0.1) is 18.9 Å². The number of sulfone groups is 1. The van der Waals surface area contributed by atoms with E-state index in [1.165, 1.54) is 11.8 Å². The molecule has 0 amide bonds. The van der Waals surface area contributed by atoms with Crippen LogP contribution in [0.1, 0.15) is 6.42 Å². The fraction of sp³-hybridized carbons (Fsp3) is 0.429. The van der Waals surface area contributed by atoms with Gasteiger partial charge in [-0.1, -0.05) is 24.3 Å². The smallest absolute Gasteiger partial charge is 0.379 e. The number of para-hydroxylation sites is 1. The molecule has 3 rings (SSSR count). The maximum atomic E-state index is 13.4. The van der Waals surface area contributed by atoms with Gasteiger partial charge in [0.25, 0.3) is 9.84 Å². The molecule has 0 unspecified atom stereocenters. The van der Waals surface area contributed by atoms with Crippen LogP contribution in [-0.4, -0.2) is 71.9 Å². The van der Waals surface area contributed by atoms with Gasteiger partial charge in [-0.05, 0) is 30.7 Å². The van der Waals surface area contributed by atoms with Crippen LogP contribution in [0.2, 0.25) is 0 Å². The van der Waals surface area contributed by atoms with Crippen molar-refractivity contribution in [2.24, 2.45) is 5.14 Å². The summed E-state index contributed by atoms with van der Waals surface area (Å²) in [5.41, 5.74) is -6.30. The number of thioether (sulfide) groups is 1. The van der Waals surface area contributed by atoms with Crippen LogP contribution in [0.5, 0.6) is 0 Å². The van der Waals surface area contributed by atoms with Crippen LogP contribution in [0.3, 0.4) is 0 Å². The van der Waals surface area contributed by atoms with E-state index in [1.807, 2.05) is 30.3 Å². The third kappa shape index (κ3) is 7.33. The molecule has 35 heavy (non-hydrogen) atoms. The molecule has 1 atom stereocenters. The summed E-state index contributed by atoms with van der Waals surface area (Å²) in [7, 11) is -10.4. The molecule has 0 aromatic heterocycles. The van der Waals surface area contributed by atoms with Gasteiger partial charge in [-0.15, -0.1) is 11.8 Å². The molecule has 0 aliphatic carbocycles. The number of sulfonamides is 1. The molecule has 0 spiro atoms. The Morgan fingerprint density at radius 1 is 1.00 bits per heavy atom. The number of ether oxygens (including phenoxy) is 1. The Morgan fingerprint density at radius 3 is 2.23 bits per heavy atom. The summed E-state index contributed by atoms with van der Waals surface area (Å²) < 4.78 is 94.5. The van der Waals surface area contributed by atoms with Crippen molar-refractivity contribution < 1.29 is 34.7 Å². The lowest BCUT2D eigenvalue weighted by atomic mass is 10.2. The van der Waals surface area contributed by atoms with Crippen molar-refractivity contribution in [3.8, 4) is 0 Å². The number of halogens is 3. The van der Waals surface area contributed by atoms with E-state index in [0.717, 1.165) is 23.1 Å². The van der Waals surface area contributed by atoms with Gasteiger partial charge >= 0.3 is 5.51 Å². The maximum Gasteiger partial charge on any atom is 0.501 e. The average Bonchev–Trinajstić information content (AvgIpc) is 2.80. The van der Waals surface area contributed by atoms with Crippen molar-refractivity contribution in [1.29, 1.82) is 0 Å². The van der Waals surface area contributed by atoms with Crippen molar-refractivity contribution in [2.75, 3.05) is 43.9 Å². The number of benzene rings is 2. The van der Waals surface area contributed by atoms with Crippen molar-refractivity contribution in [3.05, 3.63) is 48.5 Å². The SMILES string of the molecule is NS(=O)(=O)c1cccc(S(=O)(=O)C(F)(F)F)c1N[C@H](CCN1CCOCC1)CSc1ccccc1. The minimum absolute atomic E-state index is 0.332. The number of alkyl halides is 3. The predicted octanol–water partition coefficient (Wildman–Crippen LogP) is 2.92. The van der Waals surface area contributed by atoms with Gasteiger partial charge in [0.2, 0.25) is 10.0 Å². The molecular weight excluding hydrogens is 527 g/mol. The minimum Gasteiger partial charge on any atom is -0.379 e. The number of morpholine rings is 1. The normalized spacial score (nSPS) is 16.7. The lowest BCUT2D eigenvalue weighted by molar-refractivity contribution is -0.0435. The molecule has 1 aliphatic heterocycles. The predicted molar refractivity (Wildman–Crippen MR) is 128 cm³/mol. The molecule has 1 saturated heterocycles. The Labute approximate surface area is 207 Å². The first-order valence-electron chi connectivity index (χ1n) is 10.6. The maximum absolute atomic E-state index is 13.4. The zero-order chi connectivity index (χ0) is 25.7. The van der Waals surface area contributed by atoms with Crippen LogP contribution < -0.4 is 10.5 Å². The fourth-order valence-electron chi connectivity index (χ4n) is 3.52. The molecule has 194 valence electrons. The van der Waals surface area contributed by atoms with Crippen LogP contribution in [0.25, 0.3) is 0 Å². The van der Waals surface area contributed by atoms with E-state index >= 15 is 0 Å². The molecule has 0 radical (unpaired) electrons. The molecule has 0 bridgehead atoms. The number of hydrogen-bond donors (Lipinski definition) is 2. The van der Waals surface area contributed by atoms with Crippen LogP contribution in [-0.2, 0) is 24.6 Å². The Hall–Kier alpha value is -1.84. The van der Waals surface area contributed by atoms with E-state index in [9.17, 15) is 30.0 Å². The highest BCUT2D eigenvalue weighted by Crippen LogP contribution is 2.38. The lowest BCUT2D eigenvalue weighted by Gasteiger charge is -2.29. The molecule has 1 aliphatic rings. The molecule has 1 heterocycles. The van der Waals surface area contributed by atoms with Crippen molar-refractivity contribution >= 4 is 37.3 Å². The minimum atomic E-state index is -5.85. The van der Waals surface area contributed by atoms with Gasteiger partial charge in [-0.25, -0.2) is 22.0 Å². The summed E-state index contributed by atoms with van der Waals surface area (Å²) in [6, 6.07) is 11.3. The summed E-state index contributed by atoms with van der Waals surface area (Å²) >= 11 is 1.41. The van der Waals surface area contributed by atoms with Crippen molar-refractivity contribution in [1.82, 2.24) is 4.90 Å². The zero-order valence-electron chi connectivity index (χ0n) is 18.6. The standard InChI is InChI=1S/C21H26F3N3O5S3/c22-21(23,24)34(28,29)18-7-4-8-19(35(25,30)31)20(18)26-16(9-10-27-11-13-32-14-12-27)15-33-17-5-2-1-3-6-17/h1-8,16,26H,9-15H2,(H2,25,30,31)/t16-/m1/s1. The number of primary sulfonamides is 1. The molecular formula is C21H26F3N3O5S3. The highest BCUT2D eigenvalue weighted by atomic mass is 32.2. The van der Waals surface area contributed by atoms with E-state index in [0.29, 0.717) is 45.0 Å². The highest BCUT2D eigenvalue weighted by molar-refractivity contribution is 7.99. The summed E-state index contributed by atoms with van der Waals surface area (Å²) in [5, 5.41) is 8.03. The van der Waals surface area contributed by atoms with Gasteiger partial charge in [0.15, 0.2) is 0 Å². The second-order valence-electron chi connectivity index (χ2n) is 7.83. The fourth-order valence-corrected chi connectivity index (χ4v) is 6.24. The Morgan fingerprint density at radius 2 is 1.63 bits per heavy atom. The van der Waals surface area contributed by atoms with Gasteiger partial charge in [-0.2, -0.15) is 13.2 Å². The van der Waals surface area contributed by atoms with Crippen LogP contribution >= 0.6 is 11.8 Å². The summed E-state index contributed by atoms with van der Waals surface area (Å²) in [4.78, 5) is 1.11. The topological polar surface area (TPSA) is 119 Å². The third-order valence-corrected chi connectivity index (χ3v) is 8.99. The second kappa shape index (κ2) is 11.5. The first-order chi connectivity index (χ1) is 16.4. The molecule has 1 fully saturated rings. The molecule has 0 saturated carbocycles. The number of nitrogens with one attached hydrogen (secondary N) is 1. The molecule has 3 N–H and O–H groups in total. The summed E-state index contributed by atoms with van der Waals surface area (Å²) in [5.74, 6) is 0.332. The zero-order valence-corrected chi connectivity index (χ0v) is 21.0. The van der Waals surface area contributed by atoms with E-state index < -0.39 is 46.9 Å². The molecule has 14 heteroatoms. The second-order valence-corrected chi connectivity index (χ2v) is 12.4. The van der Waals surface area contributed by atoms with E-state index in [1.54, 1.807) is 0 Å². The van der Waals surface area contributed by atoms with Crippen molar-refractivity contribution in [3.63, 3.8) is 0 Å². The Balaban J connectivity index is 1.97. The van der Waals surface area contributed by atoms with Gasteiger partial charge in [-0.3, -0.25) is 4.90 Å². The van der Waals surface area contributed by atoms with E-state index in [4.69, 9.17) is 9.88 Å². The highest BCUT2D eigenvalue weighted by Gasteiger charge is 2.48. The Bertz CT molecular complexity index is 1200. The van der Waals surface area contributed by atoms with Gasteiger partial charge in [0, 0.05) is 36.3 Å². The lowest BCUT2D eigenvalue weighted by Crippen LogP contribution is -2.39. The first kappa shape index (κ1) is 27.7. The van der Waals surface area contributed by atoms with Crippen LogP contribution in [0.4, 0.5) is 18.9 Å². The van der Waals surface area contributed by atoms with E-state index in [2.05, 4.69) is 10.2 Å². The third-order valence-electron chi connectivity index (χ3n) is 5.33. The van der Waals surface area contributed by atoms with Crippen LogP contribution in [0.15, 0.2) is 63.2 Å². The average molecular weight is 554 g/mol. The van der Waals surface area contributed by atoms with Crippen molar-refractivity contribution in [2.45, 2.75) is 32.7 Å². The number of hydrogen-bond acceptors (Lipinski definition) is 8. The molecule has 8 nitrogen and oxygen atoms in total. The van der Waals surface area contributed by atoms with Gasteiger partial charge < -0.3 is 10.1 Å². The molecule has 2 aromatic rings. The van der Waals surface area contributed by atoms with Crippen LogP contribution in [0, 0.1) is 0 Å². The van der Waals surface area contributed by atoms with E-state index in [-0.39, 0.29) is 0 Å². The molecule has 2 aromatic carbocycles. The monoisotopic (exact) mass is 553 g/mol. The number of nitrogens with zero attached hydrogens (tertiary/aromatic N) is 1. The number of rotatable bonds is 10. The number of nitrogens with two attached hydrogens (primary N) is 1.